The maximum Gasteiger partial charge on any atom is 0.200 e. The first-order valence-corrected chi connectivity index (χ1v) is 9.23. The zero-order valence-corrected chi connectivity index (χ0v) is 15.7. The average molecular weight is 358 g/mol. The van der Waals surface area contributed by atoms with Crippen LogP contribution in [0, 0.1) is 0 Å². The quantitative estimate of drug-likeness (QED) is 0.441. The summed E-state index contributed by atoms with van der Waals surface area (Å²) in [5.41, 5.74) is 1.53. The van der Waals surface area contributed by atoms with E-state index in [2.05, 4.69) is 6.92 Å². The van der Waals surface area contributed by atoms with Crippen molar-refractivity contribution in [2.45, 2.75) is 31.8 Å². The van der Waals surface area contributed by atoms with E-state index in [1.807, 2.05) is 18.2 Å². The minimum atomic E-state index is -0.194. The van der Waals surface area contributed by atoms with E-state index in [0.29, 0.717) is 22.6 Å². The van der Waals surface area contributed by atoms with Gasteiger partial charge in [0, 0.05) is 5.56 Å². The van der Waals surface area contributed by atoms with Gasteiger partial charge in [0.05, 0.1) is 19.9 Å². The van der Waals surface area contributed by atoms with Crippen LogP contribution in [-0.4, -0.2) is 20.0 Å². The Morgan fingerprint density at radius 2 is 1.68 bits per heavy atom. The molecule has 0 aliphatic carbocycles. The summed E-state index contributed by atoms with van der Waals surface area (Å²) in [7, 11) is 3.08. The van der Waals surface area contributed by atoms with Gasteiger partial charge in [-0.25, -0.2) is 0 Å². The molecule has 4 nitrogen and oxygen atoms in total. The number of carbonyl (C=O) groups excluding carboxylic acids is 1. The van der Waals surface area contributed by atoms with Crippen LogP contribution >= 0.6 is 8.46 Å². The molecule has 0 aliphatic rings. The van der Waals surface area contributed by atoms with E-state index >= 15 is 0 Å². The minimum absolute atomic E-state index is 0.0291. The fraction of sp³-hybridized carbons (Fsp3) is 0.350. The van der Waals surface area contributed by atoms with E-state index in [-0.39, 0.29) is 19.9 Å². The Balaban J connectivity index is 2.53. The van der Waals surface area contributed by atoms with Crippen molar-refractivity contribution in [2.75, 3.05) is 14.2 Å². The van der Waals surface area contributed by atoms with Crippen LogP contribution in [-0.2, 0) is 4.57 Å². The van der Waals surface area contributed by atoms with Gasteiger partial charge in [0.15, 0.2) is 8.46 Å². The van der Waals surface area contributed by atoms with Crippen LogP contribution in [0.3, 0.4) is 0 Å². The number of hydrogen-bond donors (Lipinski definition) is 0. The number of ketones is 1. The fourth-order valence-corrected chi connectivity index (χ4v) is 3.49. The molecule has 0 fully saturated rings. The lowest BCUT2D eigenvalue weighted by Crippen LogP contribution is -2.10. The van der Waals surface area contributed by atoms with Crippen LogP contribution in [0.4, 0.5) is 0 Å². The lowest BCUT2D eigenvalue weighted by atomic mass is 9.94. The molecule has 0 heterocycles. The van der Waals surface area contributed by atoms with Gasteiger partial charge in [0.2, 0.25) is 5.78 Å². The van der Waals surface area contributed by atoms with Crippen molar-refractivity contribution in [1.82, 2.24) is 0 Å². The highest BCUT2D eigenvalue weighted by molar-refractivity contribution is 7.24. The minimum Gasteiger partial charge on any atom is -0.496 e. The van der Waals surface area contributed by atoms with Gasteiger partial charge in [0.25, 0.3) is 0 Å². The molecule has 132 valence electrons. The SMILES string of the molecule is CCCCC(P=O)c1ccccc1C(=O)c1c(OC)cccc1OC. The van der Waals surface area contributed by atoms with Gasteiger partial charge >= 0.3 is 0 Å². The normalized spacial score (nSPS) is 12.0. The number of methoxy groups -OCH3 is 2. The molecule has 1 atom stereocenters. The van der Waals surface area contributed by atoms with Crippen LogP contribution in [0.1, 0.15) is 53.3 Å². The molecule has 0 saturated heterocycles. The Bertz CT molecular complexity index is 720. The molecule has 0 radical (unpaired) electrons. The summed E-state index contributed by atoms with van der Waals surface area (Å²) in [5.74, 6) is 0.739. The highest BCUT2D eigenvalue weighted by Gasteiger charge is 2.24. The molecule has 2 aromatic carbocycles. The number of ether oxygens (including phenoxy) is 2. The standard InChI is InChI=1S/C20H23O4P/c1-4-5-13-18(25-22)14-9-6-7-10-15(14)20(21)19-16(23-2)11-8-12-17(19)24-3/h6-12,18H,4-5,13H2,1-3H3. The summed E-state index contributed by atoms with van der Waals surface area (Å²) in [6.07, 6.45) is 2.75. The topological polar surface area (TPSA) is 52.6 Å². The number of unbranched alkanes of at least 4 members (excludes halogenated alkanes) is 1. The zero-order valence-electron chi connectivity index (χ0n) is 14.8. The predicted molar refractivity (Wildman–Crippen MR) is 99.3 cm³/mol. The molecule has 0 spiro atoms. The lowest BCUT2D eigenvalue weighted by molar-refractivity contribution is 0.103. The summed E-state index contributed by atoms with van der Waals surface area (Å²) in [4.78, 5) is 13.3. The highest BCUT2D eigenvalue weighted by Crippen LogP contribution is 2.37. The Kier molecular flexibility index (Phi) is 7.15. The summed E-state index contributed by atoms with van der Waals surface area (Å²) in [5, 5.41) is 0. The number of rotatable bonds is 9. The molecule has 5 heteroatoms. The molecular formula is C20H23O4P. The Labute approximate surface area is 150 Å². The van der Waals surface area contributed by atoms with E-state index in [0.717, 1.165) is 24.8 Å². The van der Waals surface area contributed by atoms with Gasteiger partial charge in [0.1, 0.15) is 17.1 Å². The summed E-state index contributed by atoms with van der Waals surface area (Å²) >= 11 is 0. The average Bonchev–Trinajstić information content (AvgIpc) is 2.67. The van der Waals surface area contributed by atoms with E-state index in [4.69, 9.17) is 9.47 Å². The molecule has 0 N–H and O–H groups in total. The summed E-state index contributed by atoms with van der Waals surface area (Å²) in [6, 6.07) is 12.6. The molecule has 0 amide bonds. The molecule has 0 saturated carbocycles. The second kappa shape index (κ2) is 9.33. The Morgan fingerprint density at radius 1 is 1.04 bits per heavy atom. The third kappa shape index (κ3) is 4.26. The fourth-order valence-electron chi connectivity index (χ4n) is 2.87. The van der Waals surface area contributed by atoms with Gasteiger partial charge in [-0.05, 0) is 24.1 Å². The number of carbonyl (C=O) groups is 1. The molecule has 0 aliphatic heterocycles. The van der Waals surface area contributed by atoms with Gasteiger partial charge < -0.3 is 9.47 Å². The molecule has 25 heavy (non-hydrogen) atoms. The van der Waals surface area contributed by atoms with Crippen molar-refractivity contribution < 1.29 is 18.8 Å². The Hall–Kier alpha value is -2.19. The van der Waals surface area contributed by atoms with Gasteiger partial charge in [-0.2, -0.15) is 0 Å². The molecule has 2 rings (SSSR count). The lowest BCUT2D eigenvalue weighted by Gasteiger charge is -2.16. The predicted octanol–water partition coefficient (Wildman–Crippen LogP) is 5.46. The first-order valence-electron chi connectivity index (χ1n) is 8.35. The van der Waals surface area contributed by atoms with Crippen LogP contribution in [0.2, 0.25) is 0 Å². The van der Waals surface area contributed by atoms with Crippen molar-refractivity contribution in [3.8, 4) is 11.5 Å². The third-order valence-electron chi connectivity index (χ3n) is 4.18. The van der Waals surface area contributed by atoms with Gasteiger partial charge in [-0.15, -0.1) is 0 Å². The second-order valence-corrected chi connectivity index (χ2v) is 6.55. The molecule has 0 aromatic heterocycles. The molecule has 1 unspecified atom stereocenters. The van der Waals surface area contributed by atoms with Crippen molar-refractivity contribution in [1.29, 1.82) is 0 Å². The smallest absolute Gasteiger partial charge is 0.200 e. The summed E-state index contributed by atoms with van der Waals surface area (Å²) in [6.45, 7) is 2.09. The second-order valence-electron chi connectivity index (χ2n) is 5.72. The third-order valence-corrected chi connectivity index (χ3v) is 4.97. The Morgan fingerprint density at radius 3 is 2.24 bits per heavy atom. The van der Waals surface area contributed by atoms with E-state index in [1.165, 1.54) is 14.2 Å². The molecule has 2 aromatic rings. The maximum absolute atomic E-state index is 13.3. The van der Waals surface area contributed by atoms with Crippen molar-refractivity contribution >= 4 is 14.2 Å². The van der Waals surface area contributed by atoms with Gasteiger partial charge in [-0.3, -0.25) is 9.36 Å². The number of hydrogen-bond acceptors (Lipinski definition) is 4. The van der Waals surface area contributed by atoms with Crippen LogP contribution in [0.5, 0.6) is 11.5 Å². The van der Waals surface area contributed by atoms with E-state index in [1.54, 1.807) is 24.3 Å². The summed E-state index contributed by atoms with van der Waals surface area (Å²) < 4.78 is 22.4. The molecule has 0 bridgehead atoms. The monoisotopic (exact) mass is 358 g/mol. The van der Waals surface area contributed by atoms with Crippen molar-refractivity contribution in [3.05, 3.63) is 59.2 Å². The van der Waals surface area contributed by atoms with Crippen LogP contribution in [0.25, 0.3) is 0 Å². The van der Waals surface area contributed by atoms with Crippen LogP contribution in [0.15, 0.2) is 42.5 Å². The van der Waals surface area contributed by atoms with Gasteiger partial charge in [-0.1, -0.05) is 50.1 Å². The van der Waals surface area contributed by atoms with Crippen molar-refractivity contribution in [3.63, 3.8) is 0 Å². The van der Waals surface area contributed by atoms with E-state index < -0.39 is 0 Å². The number of benzene rings is 2. The largest absolute Gasteiger partial charge is 0.496 e. The first-order chi connectivity index (χ1) is 12.2. The maximum atomic E-state index is 13.3. The van der Waals surface area contributed by atoms with E-state index in [9.17, 15) is 9.36 Å². The first kappa shape index (κ1) is 19.1. The molecular weight excluding hydrogens is 335 g/mol. The zero-order chi connectivity index (χ0) is 18.2. The highest BCUT2D eigenvalue weighted by atomic mass is 31.1. The van der Waals surface area contributed by atoms with Crippen LogP contribution < -0.4 is 9.47 Å². The van der Waals surface area contributed by atoms with Crippen molar-refractivity contribution in [2.24, 2.45) is 0 Å².